The molecule has 103 valence electrons. The lowest BCUT2D eigenvalue weighted by atomic mass is 10.1. The highest BCUT2D eigenvalue weighted by Gasteiger charge is 2.73. The minimum Gasteiger partial charge on any atom is -0.202 e. The summed E-state index contributed by atoms with van der Waals surface area (Å²) in [5, 5.41) is 12.2. The van der Waals surface area contributed by atoms with Crippen LogP contribution in [0.3, 0.4) is 0 Å². The van der Waals surface area contributed by atoms with E-state index in [0.29, 0.717) is 0 Å². The lowest BCUT2D eigenvalue weighted by molar-refractivity contribution is 0.132. The van der Waals surface area contributed by atoms with Crippen LogP contribution in [0.1, 0.15) is 0 Å². The zero-order valence-corrected chi connectivity index (χ0v) is 24.5. The molecule has 0 aliphatic heterocycles. The number of hydrogen-bond acceptors (Lipinski definition) is 0. The Hall–Kier alpha value is 5.24. The largest absolute Gasteiger partial charge is 0.238 e. The number of rotatable bonds is 2. The van der Waals surface area contributed by atoms with Crippen molar-refractivity contribution in [1.82, 2.24) is 0 Å². The van der Waals surface area contributed by atoms with Gasteiger partial charge in [0, 0.05) is 0 Å². The molecule has 0 saturated carbocycles. The van der Waals surface area contributed by atoms with E-state index in [2.05, 4.69) is 175 Å². The molecule has 1 nitrogen and oxygen atoms in total. The Kier molecular flexibility index (Phi) is 9.17. The molecule has 17 heavy (non-hydrogen) atoms. The van der Waals surface area contributed by atoms with Crippen LogP contribution in [-0.4, -0.2) is 15.3 Å². The van der Waals surface area contributed by atoms with Gasteiger partial charge >= 0.3 is 0 Å². The third-order valence-corrected chi connectivity index (χ3v) is 16.8. The van der Waals surface area contributed by atoms with Crippen molar-refractivity contribution in [2.45, 2.75) is 15.3 Å². The molecule has 0 aromatic rings. The van der Waals surface area contributed by atoms with E-state index in [1.807, 2.05) is 0 Å². The van der Waals surface area contributed by atoms with Gasteiger partial charge in [-0.05, 0) is 31.9 Å². The Morgan fingerprint density at radius 3 is 0.824 bits per heavy atom. The first-order valence-corrected chi connectivity index (χ1v) is 12.0. The first-order chi connectivity index (χ1) is 7.00. The van der Waals surface area contributed by atoms with Crippen LogP contribution in [0.15, 0.2) is 0 Å². The van der Waals surface area contributed by atoms with Crippen LogP contribution in [0.2, 0.25) is 0 Å². The van der Waals surface area contributed by atoms with Crippen LogP contribution in [0.5, 0.6) is 0 Å². The van der Waals surface area contributed by atoms with E-state index in [1.54, 1.807) is 0 Å². The second-order valence-corrected chi connectivity index (χ2v) is 24.2. The van der Waals surface area contributed by atoms with Gasteiger partial charge in [0.25, 0.3) is 0 Å². The Bertz CT molecular complexity index is 266. The average molecular weight is 955 g/mol. The van der Waals surface area contributed by atoms with Gasteiger partial charge in [0.2, 0.25) is 3.42 Å². The Morgan fingerprint density at radius 1 is 0.529 bits per heavy atom. The molecule has 0 heterocycles. The van der Waals surface area contributed by atoms with Gasteiger partial charge in [-0.2, -0.15) is 0 Å². The molecular formula is C5Br11O. The molecule has 0 aliphatic rings. The molecule has 0 aliphatic carbocycles. The van der Waals surface area contributed by atoms with E-state index in [0.717, 1.165) is 0 Å². The fourth-order valence-corrected chi connectivity index (χ4v) is 12.5. The molecule has 0 amide bonds. The van der Waals surface area contributed by atoms with Gasteiger partial charge in [-0.15, -0.1) is 0 Å². The molecule has 0 unspecified atom stereocenters. The van der Waals surface area contributed by atoms with Crippen LogP contribution in [0.25, 0.3) is 0 Å². The summed E-state index contributed by atoms with van der Waals surface area (Å²) in [6.45, 7) is 0. The monoisotopic (exact) mass is 944 g/mol. The predicted molar refractivity (Wildman–Crippen MR) is 113 cm³/mol. The summed E-state index contributed by atoms with van der Waals surface area (Å²) in [6.07, 6.45) is 0. The van der Waals surface area contributed by atoms with E-state index in [-0.39, 0.29) is 0 Å². The van der Waals surface area contributed by atoms with Crippen molar-refractivity contribution < 1.29 is 5.11 Å². The third kappa shape index (κ3) is 4.62. The van der Waals surface area contributed by atoms with Crippen molar-refractivity contribution in [3.05, 3.63) is 0 Å². The topological polar surface area (TPSA) is 19.9 Å². The molecule has 0 saturated heterocycles. The van der Waals surface area contributed by atoms with Crippen LogP contribution < -0.4 is 0 Å². The SMILES string of the molecule is [O]C(Br)(Br)C(Br)(Br)C(Br)(C(Br)(Br)Br)C(Br)(Br)Br. The van der Waals surface area contributed by atoms with Crippen molar-refractivity contribution in [3.8, 4) is 0 Å². The minimum atomic E-state index is -1.72. The fourth-order valence-electron chi connectivity index (χ4n) is 0.717. The van der Waals surface area contributed by atoms with Crippen molar-refractivity contribution in [3.63, 3.8) is 0 Å². The molecule has 12 heteroatoms. The summed E-state index contributed by atoms with van der Waals surface area (Å²) in [5.41, 5.74) is 0. The first kappa shape index (κ1) is 22.2. The van der Waals surface area contributed by atoms with Gasteiger partial charge in [-0.1, -0.05) is 143 Å². The predicted octanol–water partition coefficient (Wildman–Crippen LogP) is 8.16. The highest BCUT2D eigenvalue weighted by Crippen LogP contribution is 2.72. The van der Waals surface area contributed by atoms with E-state index >= 15 is 0 Å². The fraction of sp³-hybridized carbons (Fsp3) is 1.00. The lowest BCUT2D eigenvalue weighted by Gasteiger charge is -2.51. The normalized spacial score (nSPS) is 16.2. The highest BCUT2D eigenvalue weighted by molar-refractivity contribution is 9.42. The van der Waals surface area contributed by atoms with Crippen molar-refractivity contribution >= 4 is 175 Å². The maximum atomic E-state index is 12.2. The first-order valence-electron chi connectivity index (χ1n) is 3.28. The second-order valence-electron chi connectivity index (χ2n) is 2.75. The van der Waals surface area contributed by atoms with Gasteiger partial charge in [0.15, 0.2) is 7.52 Å². The summed E-state index contributed by atoms with van der Waals surface area (Å²) in [5.74, 6) is 0. The Balaban J connectivity index is 6.04. The zero-order chi connectivity index (χ0) is 14.5. The molecule has 1 radical (unpaired) electrons. The maximum Gasteiger partial charge on any atom is 0.238 e. The third-order valence-electron chi connectivity index (χ3n) is 1.58. The van der Waals surface area contributed by atoms with E-state index < -0.39 is 15.3 Å². The van der Waals surface area contributed by atoms with Gasteiger partial charge in [-0.3, -0.25) is 0 Å². The average Bonchev–Trinajstić information content (AvgIpc) is 1.95. The number of halogens is 11. The van der Waals surface area contributed by atoms with E-state index in [9.17, 15) is 5.11 Å². The highest BCUT2D eigenvalue weighted by atomic mass is 80.0. The van der Waals surface area contributed by atoms with E-state index in [1.165, 1.54) is 0 Å². The van der Waals surface area contributed by atoms with Gasteiger partial charge in [0.05, 0.1) is 0 Å². The lowest BCUT2D eigenvalue weighted by Crippen LogP contribution is -2.63. The quantitative estimate of drug-likeness (QED) is 0.250. The van der Waals surface area contributed by atoms with Gasteiger partial charge in [0.1, 0.15) is 4.32 Å². The van der Waals surface area contributed by atoms with Gasteiger partial charge < -0.3 is 0 Å². The molecule has 0 N–H and O–H groups in total. The van der Waals surface area contributed by atoms with Gasteiger partial charge in [-0.25, -0.2) is 5.11 Å². The summed E-state index contributed by atoms with van der Waals surface area (Å²) in [6, 6.07) is 0. The molecule has 0 fully saturated rings. The minimum absolute atomic E-state index is 0.860. The second kappa shape index (κ2) is 7.01. The molecule has 0 rings (SSSR count). The van der Waals surface area contributed by atoms with E-state index in [4.69, 9.17) is 0 Å². The number of alkyl halides is 11. The van der Waals surface area contributed by atoms with Crippen LogP contribution in [-0.2, 0) is 5.11 Å². The molecule has 0 bridgehead atoms. The number of hydrogen-bond donors (Lipinski definition) is 0. The summed E-state index contributed by atoms with van der Waals surface area (Å²) in [7, 11) is 0. The standard InChI is InChI=1S/C5Br11O/c6-1(3(9,10)11,4(12,13)14)2(7,8)5(15,16)17. The summed E-state index contributed by atoms with van der Waals surface area (Å²) < 4.78 is -5.65. The van der Waals surface area contributed by atoms with Crippen molar-refractivity contribution in [1.29, 1.82) is 0 Å². The molecule has 0 atom stereocenters. The molecule has 0 aromatic carbocycles. The van der Waals surface area contributed by atoms with Crippen molar-refractivity contribution in [2.24, 2.45) is 0 Å². The van der Waals surface area contributed by atoms with Crippen molar-refractivity contribution in [2.75, 3.05) is 0 Å². The van der Waals surface area contributed by atoms with Crippen LogP contribution >= 0.6 is 175 Å². The Labute approximate surface area is 192 Å². The smallest absolute Gasteiger partial charge is 0.202 e. The van der Waals surface area contributed by atoms with Crippen LogP contribution in [0.4, 0.5) is 0 Å². The summed E-state index contributed by atoms with van der Waals surface area (Å²) >= 11 is 36.9. The summed E-state index contributed by atoms with van der Waals surface area (Å²) in [4.78, 5) is 0. The molecule has 0 aromatic heterocycles. The maximum absolute atomic E-state index is 12.2. The van der Waals surface area contributed by atoms with Crippen LogP contribution in [0, 0.1) is 0 Å². The zero-order valence-electron chi connectivity index (χ0n) is 7.07. The molecular weight excluding hydrogens is 955 g/mol. The molecule has 0 spiro atoms. The Morgan fingerprint density at radius 2 is 0.765 bits per heavy atom.